The zero-order valence-electron chi connectivity index (χ0n) is 8.49. The van der Waals surface area contributed by atoms with Crippen LogP contribution in [0, 0.1) is 21.3 Å². The third-order valence-corrected chi connectivity index (χ3v) is 1.85. The first-order valence-electron chi connectivity index (χ1n) is 4.42. The summed E-state index contributed by atoms with van der Waals surface area (Å²) in [5.41, 5.74) is 4.27. The SMILES string of the molecule is CCOC(=N)c1cc([N+](=O)[O-])c(N)cc1F. The minimum atomic E-state index is -0.818. The third-order valence-electron chi connectivity index (χ3n) is 1.85. The van der Waals surface area contributed by atoms with E-state index >= 15 is 0 Å². The Morgan fingerprint density at radius 3 is 2.81 bits per heavy atom. The third kappa shape index (κ3) is 2.25. The number of benzene rings is 1. The molecule has 0 unspecified atom stereocenters. The number of nitrogens with two attached hydrogens (primary N) is 1. The highest BCUT2D eigenvalue weighted by molar-refractivity contribution is 5.93. The van der Waals surface area contributed by atoms with Crippen molar-refractivity contribution in [3.63, 3.8) is 0 Å². The van der Waals surface area contributed by atoms with Crippen LogP contribution in [0.25, 0.3) is 0 Å². The number of hydrogen-bond acceptors (Lipinski definition) is 5. The highest BCUT2D eigenvalue weighted by Crippen LogP contribution is 2.25. The lowest BCUT2D eigenvalue weighted by Crippen LogP contribution is -2.09. The molecule has 16 heavy (non-hydrogen) atoms. The molecule has 0 aliphatic heterocycles. The number of nitrogens with zero attached hydrogens (tertiary/aromatic N) is 1. The maximum absolute atomic E-state index is 13.3. The smallest absolute Gasteiger partial charge is 0.293 e. The zero-order chi connectivity index (χ0) is 12.3. The molecule has 1 aromatic rings. The summed E-state index contributed by atoms with van der Waals surface area (Å²) in [5.74, 6) is -1.27. The average Bonchev–Trinajstić information content (AvgIpc) is 2.17. The van der Waals surface area contributed by atoms with Crippen molar-refractivity contribution >= 4 is 17.3 Å². The van der Waals surface area contributed by atoms with Crippen molar-refractivity contribution in [1.29, 1.82) is 5.41 Å². The molecule has 3 N–H and O–H groups in total. The highest BCUT2D eigenvalue weighted by Gasteiger charge is 2.19. The van der Waals surface area contributed by atoms with Gasteiger partial charge >= 0.3 is 0 Å². The monoisotopic (exact) mass is 227 g/mol. The van der Waals surface area contributed by atoms with Crippen molar-refractivity contribution < 1.29 is 14.1 Å². The van der Waals surface area contributed by atoms with E-state index in [0.29, 0.717) is 0 Å². The van der Waals surface area contributed by atoms with Gasteiger partial charge in [0.2, 0.25) is 5.90 Å². The van der Waals surface area contributed by atoms with Gasteiger partial charge in [-0.05, 0) is 6.92 Å². The minimum absolute atomic E-state index is 0.177. The zero-order valence-corrected chi connectivity index (χ0v) is 8.49. The van der Waals surface area contributed by atoms with Crippen LogP contribution in [0.1, 0.15) is 12.5 Å². The van der Waals surface area contributed by atoms with Crippen LogP contribution >= 0.6 is 0 Å². The number of halogens is 1. The van der Waals surface area contributed by atoms with E-state index in [-0.39, 0.29) is 17.9 Å². The quantitative estimate of drug-likeness (QED) is 0.269. The number of hydrogen-bond donors (Lipinski definition) is 2. The Balaban J connectivity index is 3.24. The Labute approximate surface area is 90.5 Å². The predicted molar refractivity (Wildman–Crippen MR) is 55.9 cm³/mol. The molecule has 0 aliphatic rings. The van der Waals surface area contributed by atoms with Gasteiger partial charge in [-0.2, -0.15) is 0 Å². The summed E-state index contributed by atoms with van der Waals surface area (Å²) in [6.45, 7) is 1.80. The second-order valence-corrected chi connectivity index (χ2v) is 2.91. The number of nitrogen functional groups attached to an aromatic ring is 1. The molecule has 1 rings (SSSR count). The fourth-order valence-corrected chi connectivity index (χ4v) is 1.13. The number of nitro benzene ring substituents is 1. The topological polar surface area (TPSA) is 102 Å². The van der Waals surface area contributed by atoms with E-state index < -0.39 is 22.3 Å². The number of anilines is 1. The van der Waals surface area contributed by atoms with E-state index in [0.717, 1.165) is 12.1 Å². The van der Waals surface area contributed by atoms with E-state index in [9.17, 15) is 14.5 Å². The Bertz CT molecular complexity index is 448. The fourth-order valence-electron chi connectivity index (χ4n) is 1.13. The van der Waals surface area contributed by atoms with Gasteiger partial charge in [-0.1, -0.05) is 0 Å². The van der Waals surface area contributed by atoms with Crippen molar-refractivity contribution in [3.05, 3.63) is 33.6 Å². The van der Waals surface area contributed by atoms with Crippen molar-refractivity contribution in [3.8, 4) is 0 Å². The molecule has 0 aliphatic carbocycles. The maximum atomic E-state index is 13.3. The van der Waals surface area contributed by atoms with Crippen molar-refractivity contribution in [2.45, 2.75) is 6.92 Å². The van der Waals surface area contributed by atoms with Crippen LogP contribution in [0.5, 0.6) is 0 Å². The van der Waals surface area contributed by atoms with Crippen molar-refractivity contribution in [1.82, 2.24) is 0 Å². The molecule has 0 saturated carbocycles. The molecule has 0 bridgehead atoms. The van der Waals surface area contributed by atoms with E-state index in [1.54, 1.807) is 6.92 Å². The molecule has 0 spiro atoms. The number of nitro groups is 1. The van der Waals surface area contributed by atoms with Crippen LogP contribution in [0.15, 0.2) is 12.1 Å². The molecular formula is C9H10FN3O3. The summed E-state index contributed by atoms with van der Waals surface area (Å²) in [4.78, 5) is 9.82. The van der Waals surface area contributed by atoms with E-state index in [1.165, 1.54) is 0 Å². The molecule has 1 aromatic carbocycles. The second-order valence-electron chi connectivity index (χ2n) is 2.91. The summed E-state index contributed by atoms with van der Waals surface area (Å²) in [7, 11) is 0. The number of nitrogens with one attached hydrogen (secondary N) is 1. The first-order chi connectivity index (χ1) is 7.47. The summed E-state index contributed by atoms with van der Waals surface area (Å²) in [6.07, 6.45) is 0. The van der Waals surface area contributed by atoms with Gasteiger partial charge < -0.3 is 10.5 Å². The fraction of sp³-hybridized carbons (Fsp3) is 0.222. The predicted octanol–water partition coefficient (Wildman–Crippen LogP) is 1.68. The lowest BCUT2D eigenvalue weighted by molar-refractivity contribution is -0.384. The van der Waals surface area contributed by atoms with Crippen LogP contribution < -0.4 is 5.73 Å². The largest absolute Gasteiger partial charge is 0.478 e. The molecule has 0 aromatic heterocycles. The number of rotatable bonds is 3. The standard InChI is InChI=1S/C9H10FN3O3/c1-2-16-9(12)5-3-8(13(14)15)7(11)4-6(5)10/h3-4,12H,2,11H2,1H3. The molecule has 0 fully saturated rings. The molecular weight excluding hydrogens is 217 g/mol. The molecule has 0 radical (unpaired) electrons. The summed E-state index contributed by atoms with van der Waals surface area (Å²) < 4.78 is 18.1. The lowest BCUT2D eigenvalue weighted by Gasteiger charge is -2.06. The lowest BCUT2D eigenvalue weighted by atomic mass is 10.1. The molecule has 0 saturated heterocycles. The Hall–Kier alpha value is -2.18. The molecule has 7 heteroatoms. The highest BCUT2D eigenvalue weighted by atomic mass is 19.1. The number of ether oxygens (including phenoxy) is 1. The summed E-state index contributed by atoms with van der Waals surface area (Å²) >= 11 is 0. The van der Waals surface area contributed by atoms with Gasteiger partial charge in [0.25, 0.3) is 5.69 Å². The van der Waals surface area contributed by atoms with Crippen LogP contribution in [0.2, 0.25) is 0 Å². The van der Waals surface area contributed by atoms with E-state index in [4.69, 9.17) is 15.9 Å². The van der Waals surface area contributed by atoms with Crippen LogP contribution in [-0.4, -0.2) is 17.4 Å². The minimum Gasteiger partial charge on any atom is -0.478 e. The molecule has 6 nitrogen and oxygen atoms in total. The van der Waals surface area contributed by atoms with Gasteiger partial charge in [0.1, 0.15) is 11.5 Å². The average molecular weight is 227 g/mol. The Morgan fingerprint density at radius 2 is 2.31 bits per heavy atom. The van der Waals surface area contributed by atoms with E-state index in [1.807, 2.05) is 0 Å². The van der Waals surface area contributed by atoms with Gasteiger partial charge in [0.15, 0.2) is 0 Å². The summed E-state index contributed by atoms with van der Waals surface area (Å²) in [5, 5.41) is 17.9. The van der Waals surface area contributed by atoms with Gasteiger partial charge in [0, 0.05) is 12.1 Å². The van der Waals surface area contributed by atoms with Crippen LogP contribution in [0.4, 0.5) is 15.8 Å². The van der Waals surface area contributed by atoms with Crippen molar-refractivity contribution in [2.24, 2.45) is 0 Å². The van der Waals surface area contributed by atoms with Crippen LogP contribution in [0.3, 0.4) is 0 Å². The van der Waals surface area contributed by atoms with Gasteiger partial charge in [-0.3, -0.25) is 15.5 Å². The molecule has 0 atom stereocenters. The molecule has 0 amide bonds. The van der Waals surface area contributed by atoms with E-state index in [2.05, 4.69) is 0 Å². The maximum Gasteiger partial charge on any atom is 0.293 e. The van der Waals surface area contributed by atoms with Gasteiger partial charge in [-0.25, -0.2) is 4.39 Å². The van der Waals surface area contributed by atoms with Crippen molar-refractivity contribution in [2.75, 3.05) is 12.3 Å². The second kappa shape index (κ2) is 4.56. The summed E-state index contributed by atoms with van der Waals surface area (Å²) in [6, 6.07) is 1.70. The molecule has 0 heterocycles. The first-order valence-corrected chi connectivity index (χ1v) is 4.42. The van der Waals surface area contributed by atoms with Crippen LogP contribution in [-0.2, 0) is 4.74 Å². The van der Waals surface area contributed by atoms with Gasteiger partial charge in [-0.15, -0.1) is 0 Å². The Morgan fingerprint density at radius 1 is 1.69 bits per heavy atom. The Kier molecular flexibility index (Phi) is 3.39. The normalized spacial score (nSPS) is 9.88. The first kappa shape index (κ1) is 11.9. The molecule has 86 valence electrons. The van der Waals surface area contributed by atoms with Gasteiger partial charge in [0.05, 0.1) is 17.1 Å².